The number of nitrogens with one attached hydrogen (secondary N) is 2. The van der Waals surface area contributed by atoms with Gasteiger partial charge in [0.05, 0.1) is 6.20 Å². The molecule has 2 N–H and O–H groups in total. The highest BCUT2D eigenvalue weighted by atomic mass is 16.4. The third kappa shape index (κ3) is 4.61. The zero-order valence-electron chi connectivity index (χ0n) is 18.9. The topological polar surface area (TPSA) is 103 Å². The lowest BCUT2D eigenvalue weighted by Gasteiger charge is -2.33. The van der Waals surface area contributed by atoms with Crippen molar-refractivity contribution in [1.29, 1.82) is 0 Å². The standard InChI is InChI=1S/C23H28N8O2/c1-16-21(32)24-8-9-31(16)23-26-15-19(33-23)17-4-3-5-18(14-17)27-22-25-7-6-20(28-22)30-12-10-29(2)11-13-30/h3-7,14-16H,8-13H2,1-2H3,(H,24,32)(H,25,27,28). The lowest BCUT2D eigenvalue weighted by Crippen LogP contribution is -2.54. The van der Waals surface area contributed by atoms with Gasteiger partial charge in [-0.1, -0.05) is 12.1 Å². The number of nitrogens with zero attached hydrogens (tertiary/aromatic N) is 6. The number of hydrogen-bond acceptors (Lipinski definition) is 9. The van der Waals surface area contributed by atoms with E-state index in [-0.39, 0.29) is 11.9 Å². The van der Waals surface area contributed by atoms with Gasteiger partial charge in [-0.05, 0) is 32.2 Å². The molecule has 2 saturated heterocycles. The van der Waals surface area contributed by atoms with Crippen molar-refractivity contribution in [1.82, 2.24) is 25.2 Å². The van der Waals surface area contributed by atoms with E-state index in [0.29, 0.717) is 30.8 Å². The van der Waals surface area contributed by atoms with Crippen molar-refractivity contribution in [2.24, 2.45) is 0 Å². The molecule has 10 nitrogen and oxygen atoms in total. The number of rotatable bonds is 5. The zero-order valence-corrected chi connectivity index (χ0v) is 18.9. The normalized spacial score (nSPS) is 19.5. The van der Waals surface area contributed by atoms with E-state index in [1.54, 1.807) is 12.4 Å². The van der Waals surface area contributed by atoms with Crippen LogP contribution in [-0.4, -0.2) is 78.1 Å². The summed E-state index contributed by atoms with van der Waals surface area (Å²) in [6.45, 7) is 7.03. The average molecular weight is 449 g/mol. The van der Waals surface area contributed by atoms with Crippen molar-refractivity contribution in [2.45, 2.75) is 13.0 Å². The van der Waals surface area contributed by atoms with Crippen LogP contribution in [0.5, 0.6) is 0 Å². The van der Waals surface area contributed by atoms with E-state index in [2.05, 4.69) is 37.4 Å². The van der Waals surface area contributed by atoms with Gasteiger partial charge >= 0.3 is 0 Å². The van der Waals surface area contributed by atoms with Gasteiger partial charge < -0.3 is 29.8 Å². The summed E-state index contributed by atoms with van der Waals surface area (Å²) in [6, 6.07) is 9.93. The van der Waals surface area contributed by atoms with Crippen LogP contribution in [0.3, 0.4) is 0 Å². The summed E-state index contributed by atoms with van der Waals surface area (Å²) in [5.41, 5.74) is 1.73. The number of benzene rings is 1. The van der Waals surface area contributed by atoms with E-state index < -0.39 is 0 Å². The number of anilines is 4. The molecule has 0 aliphatic carbocycles. The van der Waals surface area contributed by atoms with Crippen molar-refractivity contribution in [3.05, 3.63) is 42.7 Å². The van der Waals surface area contributed by atoms with Crippen LogP contribution in [0.15, 0.2) is 47.1 Å². The first-order valence-electron chi connectivity index (χ1n) is 11.2. The van der Waals surface area contributed by atoms with Gasteiger partial charge in [0.15, 0.2) is 5.76 Å². The lowest BCUT2D eigenvalue weighted by molar-refractivity contribution is -0.123. The number of amides is 1. The molecular weight excluding hydrogens is 420 g/mol. The van der Waals surface area contributed by atoms with Gasteiger partial charge in [0.2, 0.25) is 11.9 Å². The summed E-state index contributed by atoms with van der Waals surface area (Å²) in [6.07, 6.45) is 3.48. The van der Waals surface area contributed by atoms with Crippen LogP contribution >= 0.6 is 0 Å². The Morgan fingerprint density at radius 1 is 1.12 bits per heavy atom. The number of aromatic nitrogens is 3. The third-order valence-corrected chi connectivity index (χ3v) is 6.11. The molecule has 3 aromatic rings. The van der Waals surface area contributed by atoms with Crippen LogP contribution in [0.25, 0.3) is 11.3 Å². The number of hydrogen-bond donors (Lipinski definition) is 2. The summed E-state index contributed by atoms with van der Waals surface area (Å²) in [4.78, 5) is 31.9. The van der Waals surface area contributed by atoms with Crippen molar-refractivity contribution < 1.29 is 9.21 Å². The highest BCUT2D eigenvalue weighted by Gasteiger charge is 2.28. The van der Waals surface area contributed by atoms with Gasteiger partial charge in [-0.25, -0.2) is 9.97 Å². The lowest BCUT2D eigenvalue weighted by atomic mass is 10.1. The summed E-state index contributed by atoms with van der Waals surface area (Å²) in [5, 5.41) is 6.15. The first kappa shape index (κ1) is 21.2. The molecule has 5 rings (SSSR count). The number of likely N-dealkylation sites (N-methyl/N-ethyl adjacent to an activating group) is 1. The minimum absolute atomic E-state index is 0.0222. The Bertz CT molecular complexity index is 1120. The fourth-order valence-corrected chi connectivity index (χ4v) is 4.08. The Kier molecular flexibility index (Phi) is 5.82. The molecule has 2 aliphatic rings. The van der Waals surface area contributed by atoms with Crippen LogP contribution in [0, 0.1) is 0 Å². The maximum atomic E-state index is 12.0. The van der Waals surface area contributed by atoms with Crippen LogP contribution in [0.1, 0.15) is 6.92 Å². The second kappa shape index (κ2) is 9.07. The summed E-state index contributed by atoms with van der Waals surface area (Å²) < 4.78 is 6.01. The van der Waals surface area contributed by atoms with E-state index in [1.807, 2.05) is 42.2 Å². The molecule has 1 amide bonds. The molecule has 33 heavy (non-hydrogen) atoms. The van der Waals surface area contributed by atoms with Gasteiger partial charge in [-0.15, -0.1) is 0 Å². The molecule has 1 unspecified atom stereocenters. The smallest absolute Gasteiger partial charge is 0.298 e. The molecule has 4 heterocycles. The largest absolute Gasteiger partial charge is 0.423 e. The maximum Gasteiger partial charge on any atom is 0.298 e. The first-order chi connectivity index (χ1) is 16.1. The van der Waals surface area contributed by atoms with Crippen LogP contribution < -0.4 is 20.4 Å². The van der Waals surface area contributed by atoms with E-state index in [1.165, 1.54) is 0 Å². The molecule has 172 valence electrons. The van der Waals surface area contributed by atoms with E-state index in [0.717, 1.165) is 43.2 Å². The van der Waals surface area contributed by atoms with E-state index >= 15 is 0 Å². The molecule has 0 radical (unpaired) electrons. The Morgan fingerprint density at radius 2 is 1.97 bits per heavy atom. The molecule has 0 saturated carbocycles. The monoisotopic (exact) mass is 448 g/mol. The first-order valence-corrected chi connectivity index (χ1v) is 11.2. The maximum absolute atomic E-state index is 12.0. The number of carbonyl (C=O) groups is 1. The molecule has 1 aromatic carbocycles. The van der Waals surface area contributed by atoms with Crippen LogP contribution in [-0.2, 0) is 4.79 Å². The molecular formula is C23H28N8O2. The Labute approximate surface area is 192 Å². The number of piperazine rings is 2. The second-order valence-corrected chi connectivity index (χ2v) is 8.40. The molecule has 2 fully saturated rings. The number of oxazole rings is 1. The Hall–Kier alpha value is -3.66. The fourth-order valence-electron chi connectivity index (χ4n) is 4.08. The minimum atomic E-state index is -0.317. The Morgan fingerprint density at radius 3 is 2.82 bits per heavy atom. The minimum Gasteiger partial charge on any atom is -0.423 e. The van der Waals surface area contributed by atoms with Gasteiger partial charge in [0, 0.05) is 56.7 Å². The summed E-state index contributed by atoms with van der Waals surface area (Å²) in [7, 11) is 2.14. The molecule has 10 heteroatoms. The fraction of sp³-hybridized carbons (Fsp3) is 0.391. The summed E-state index contributed by atoms with van der Waals surface area (Å²) in [5.74, 6) is 2.09. The van der Waals surface area contributed by atoms with E-state index in [9.17, 15) is 4.79 Å². The predicted molar refractivity (Wildman–Crippen MR) is 127 cm³/mol. The molecule has 0 spiro atoms. The molecule has 2 aromatic heterocycles. The second-order valence-electron chi connectivity index (χ2n) is 8.40. The quantitative estimate of drug-likeness (QED) is 0.606. The molecule has 2 aliphatic heterocycles. The third-order valence-electron chi connectivity index (χ3n) is 6.11. The average Bonchev–Trinajstić information content (AvgIpc) is 3.32. The van der Waals surface area contributed by atoms with E-state index in [4.69, 9.17) is 9.40 Å². The van der Waals surface area contributed by atoms with Gasteiger partial charge in [0.1, 0.15) is 11.9 Å². The van der Waals surface area contributed by atoms with Crippen LogP contribution in [0.2, 0.25) is 0 Å². The van der Waals surface area contributed by atoms with Gasteiger partial charge in [-0.3, -0.25) is 4.79 Å². The highest BCUT2D eigenvalue weighted by Crippen LogP contribution is 2.28. The Balaban J connectivity index is 1.31. The van der Waals surface area contributed by atoms with Gasteiger partial charge in [0.25, 0.3) is 6.01 Å². The zero-order chi connectivity index (χ0) is 22.8. The SMILES string of the molecule is CC1C(=O)NCCN1c1ncc(-c2cccc(Nc3nccc(N4CCN(C)CC4)n3)c2)o1. The molecule has 0 bridgehead atoms. The summed E-state index contributed by atoms with van der Waals surface area (Å²) >= 11 is 0. The van der Waals surface area contributed by atoms with Crippen molar-refractivity contribution in [2.75, 3.05) is 61.4 Å². The van der Waals surface area contributed by atoms with Crippen molar-refractivity contribution in [3.8, 4) is 11.3 Å². The highest BCUT2D eigenvalue weighted by molar-refractivity contribution is 5.85. The molecule has 1 atom stereocenters. The van der Waals surface area contributed by atoms with Crippen LogP contribution in [0.4, 0.5) is 23.5 Å². The number of carbonyl (C=O) groups excluding carboxylic acids is 1. The van der Waals surface area contributed by atoms with Crippen molar-refractivity contribution in [3.63, 3.8) is 0 Å². The van der Waals surface area contributed by atoms with Crippen molar-refractivity contribution >= 4 is 29.4 Å². The van der Waals surface area contributed by atoms with Gasteiger partial charge in [-0.2, -0.15) is 4.98 Å². The predicted octanol–water partition coefficient (Wildman–Crippen LogP) is 1.95.